The molecule has 0 aliphatic carbocycles. The maximum atomic E-state index is 11.1. The van der Waals surface area contributed by atoms with E-state index in [1.165, 1.54) is 0 Å². The number of carbonyl (C=O) groups is 1. The summed E-state index contributed by atoms with van der Waals surface area (Å²) in [6, 6.07) is 11.2. The maximum absolute atomic E-state index is 11.1. The number of nitrogens with one attached hydrogen (secondary N) is 1. The molecule has 0 aliphatic heterocycles. The summed E-state index contributed by atoms with van der Waals surface area (Å²) >= 11 is 0. The highest BCUT2D eigenvalue weighted by Gasteiger charge is 2.06. The summed E-state index contributed by atoms with van der Waals surface area (Å²) in [6.45, 7) is 2.05. The number of benzene rings is 1. The lowest BCUT2D eigenvalue weighted by atomic mass is 10.1. The Kier molecular flexibility index (Phi) is 3.57. The van der Waals surface area contributed by atoms with Crippen LogP contribution in [-0.2, 0) is 0 Å². The van der Waals surface area contributed by atoms with Crippen molar-refractivity contribution >= 4 is 11.6 Å². The number of pyridine rings is 1. The normalized spacial score (nSPS) is 11.8. The average Bonchev–Trinajstić information content (AvgIpc) is 2.40. The van der Waals surface area contributed by atoms with E-state index < -0.39 is 5.91 Å². The molecule has 1 atom stereocenters. The summed E-state index contributed by atoms with van der Waals surface area (Å²) in [4.78, 5) is 15.1. The predicted molar refractivity (Wildman–Crippen MR) is 71.2 cm³/mol. The molecule has 1 aromatic carbocycles. The summed E-state index contributed by atoms with van der Waals surface area (Å²) in [7, 11) is 0. The van der Waals surface area contributed by atoms with Crippen molar-refractivity contribution < 1.29 is 4.79 Å². The predicted octanol–water partition coefficient (Wildman–Crippen LogP) is 2.35. The summed E-state index contributed by atoms with van der Waals surface area (Å²) < 4.78 is 0. The average molecular weight is 241 g/mol. The van der Waals surface area contributed by atoms with Crippen molar-refractivity contribution in [2.45, 2.75) is 13.0 Å². The van der Waals surface area contributed by atoms with E-state index in [1.807, 2.05) is 31.2 Å². The first kappa shape index (κ1) is 12.1. The summed E-state index contributed by atoms with van der Waals surface area (Å²) in [5, 5.41) is 3.32. The number of primary amides is 1. The van der Waals surface area contributed by atoms with Crippen LogP contribution in [0.2, 0.25) is 0 Å². The van der Waals surface area contributed by atoms with E-state index in [4.69, 9.17) is 5.73 Å². The van der Waals surface area contributed by atoms with Crippen LogP contribution in [0.1, 0.15) is 28.9 Å². The fourth-order valence-electron chi connectivity index (χ4n) is 1.75. The Hall–Kier alpha value is -2.36. The molecular weight excluding hydrogens is 226 g/mol. The van der Waals surface area contributed by atoms with Crippen LogP contribution < -0.4 is 11.1 Å². The van der Waals surface area contributed by atoms with Crippen LogP contribution in [0.5, 0.6) is 0 Å². The van der Waals surface area contributed by atoms with Gasteiger partial charge in [0.05, 0.1) is 0 Å². The van der Waals surface area contributed by atoms with Crippen molar-refractivity contribution in [3.05, 3.63) is 59.9 Å². The summed E-state index contributed by atoms with van der Waals surface area (Å²) in [5.41, 5.74) is 7.76. The minimum atomic E-state index is -0.421. The molecule has 2 aromatic rings. The highest BCUT2D eigenvalue weighted by atomic mass is 16.1. The van der Waals surface area contributed by atoms with E-state index in [0.29, 0.717) is 5.56 Å². The molecule has 0 fully saturated rings. The van der Waals surface area contributed by atoms with Gasteiger partial charge in [-0.3, -0.25) is 9.78 Å². The largest absolute Gasteiger partial charge is 0.378 e. The Bertz CT molecular complexity index is 540. The molecule has 4 nitrogen and oxygen atoms in total. The second-order valence-electron chi connectivity index (χ2n) is 4.09. The van der Waals surface area contributed by atoms with Crippen LogP contribution >= 0.6 is 0 Å². The Labute approximate surface area is 106 Å². The number of hydrogen-bond donors (Lipinski definition) is 2. The van der Waals surface area contributed by atoms with Gasteiger partial charge in [0.2, 0.25) is 5.91 Å². The first-order chi connectivity index (χ1) is 8.66. The molecule has 1 amide bonds. The van der Waals surface area contributed by atoms with Gasteiger partial charge in [-0.15, -0.1) is 0 Å². The molecule has 1 heterocycles. The third kappa shape index (κ3) is 2.85. The van der Waals surface area contributed by atoms with Gasteiger partial charge in [0.25, 0.3) is 0 Å². The zero-order valence-corrected chi connectivity index (χ0v) is 10.1. The van der Waals surface area contributed by atoms with Crippen molar-refractivity contribution in [2.24, 2.45) is 5.73 Å². The number of rotatable bonds is 4. The number of nitrogens with two attached hydrogens (primary N) is 1. The van der Waals surface area contributed by atoms with Crippen LogP contribution in [0.4, 0.5) is 5.69 Å². The van der Waals surface area contributed by atoms with Gasteiger partial charge in [-0.25, -0.2) is 0 Å². The third-order valence-electron chi connectivity index (χ3n) is 2.74. The Morgan fingerprint density at radius 3 is 2.67 bits per heavy atom. The molecule has 0 radical (unpaired) electrons. The molecular formula is C14H15N3O. The third-order valence-corrected chi connectivity index (χ3v) is 2.74. The molecule has 2 rings (SSSR count). The highest BCUT2D eigenvalue weighted by Crippen LogP contribution is 2.19. The van der Waals surface area contributed by atoms with E-state index in [0.717, 1.165) is 11.3 Å². The fourth-order valence-corrected chi connectivity index (χ4v) is 1.75. The Morgan fingerprint density at radius 1 is 1.28 bits per heavy atom. The van der Waals surface area contributed by atoms with E-state index >= 15 is 0 Å². The van der Waals surface area contributed by atoms with Crippen LogP contribution in [0.3, 0.4) is 0 Å². The number of carbonyl (C=O) groups excluding carboxylic acids is 1. The quantitative estimate of drug-likeness (QED) is 0.863. The maximum Gasteiger partial charge on any atom is 0.248 e. The van der Waals surface area contributed by atoms with Crippen LogP contribution in [0.25, 0.3) is 0 Å². The lowest BCUT2D eigenvalue weighted by molar-refractivity contribution is 0.100. The molecule has 1 aromatic heterocycles. The minimum absolute atomic E-state index is 0.135. The van der Waals surface area contributed by atoms with E-state index in [-0.39, 0.29) is 6.04 Å². The van der Waals surface area contributed by atoms with Gasteiger partial charge in [-0.05, 0) is 42.8 Å². The lowest BCUT2D eigenvalue weighted by Crippen LogP contribution is -2.12. The van der Waals surface area contributed by atoms with Gasteiger partial charge in [0.15, 0.2) is 0 Å². The molecule has 0 saturated carbocycles. The SMILES string of the molecule is CC(Nc1cccc(C(N)=O)c1)c1ccncc1. The van der Waals surface area contributed by atoms with Crippen LogP contribution in [-0.4, -0.2) is 10.9 Å². The number of aromatic nitrogens is 1. The standard InChI is InChI=1S/C14H15N3O/c1-10(11-5-7-16-8-6-11)17-13-4-2-3-12(9-13)14(15)18/h2-10,17H,1H3,(H2,15,18). The monoisotopic (exact) mass is 241 g/mol. The van der Waals surface area contributed by atoms with Crippen molar-refractivity contribution in [3.63, 3.8) is 0 Å². The lowest BCUT2D eigenvalue weighted by Gasteiger charge is -2.15. The number of hydrogen-bond acceptors (Lipinski definition) is 3. The fraction of sp³-hybridized carbons (Fsp3) is 0.143. The first-order valence-electron chi connectivity index (χ1n) is 5.73. The molecule has 0 bridgehead atoms. The smallest absolute Gasteiger partial charge is 0.248 e. The molecule has 1 unspecified atom stereocenters. The Morgan fingerprint density at radius 2 is 2.00 bits per heavy atom. The summed E-state index contributed by atoms with van der Waals surface area (Å²) in [6.07, 6.45) is 3.51. The van der Waals surface area contributed by atoms with Crippen molar-refractivity contribution in [3.8, 4) is 0 Å². The van der Waals surface area contributed by atoms with E-state index in [9.17, 15) is 4.79 Å². The van der Waals surface area contributed by atoms with Gasteiger partial charge < -0.3 is 11.1 Å². The number of nitrogens with zero attached hydrogens (tertiary/aromatic N) is 1. The van der Waals surface area contributed by atoms with E-state index in [1.54, 1.807) is 24.5 Å². The highest BCUT2D eigenvalue weighted by molar-refractivity contribution is 5.93. The van der Waals surface area contributed by atoms with Crippen molar-refractivity contribution in [2.75, 3.05) is 5.32 Å². The van der Waals surface area contributed by atoms with Gasteiger partial charge in [-0.2, -0.15) is 0 Å². The van der Waals surface area contributed by atoms with Gasteiger partial charge in [-0.1, -0.05) is 6.07 Å². The first-order valence-corrected chi connectivity index (χ1v) is 5.73. The molecule has 0 aliphatic rings. The zero-order chi connectivity index (χ0) is 13.0. The molecule has 0 spiro atoms. The topological polar surface area (TPSA) is 68.0 Å². The van der Waals surface area contributed by atoms with Crippen molar-refractivity contribution in [1.82, 2.24) is 4.98 Å². The van der Waals surface area contributed by atoms with Gasteiger partial charge >= 0.3 is 0 Å². The molecule has 3 N–H and O–H groups in total. The molecule has 18 heavy (non-hydrogen) atoms. The number of anilines is 1. The second-order valence-corrected chi connectivity index (χ2v) is 4.09. The van der Waals surface area contributed by atoms with Gasteiger partial charge in [0.1, 0.15) is 0 Å². The molecule has 4 heteroatoms. The van der Waals surface area contributed by atoms with E-state index in [2.05, 4.69) is 10.3 Å². The zero-order valence-electron chi connectivity index (χ0n) is 10.1. The summed E-state index contributed by atoms with van der Waals surface area (Å²) in [5.74, 6) is -0.421. The minimum Gasteiger partial charge on any atom is -0.378 e. The van der Waals surface area contributed by atoms with Crippen molar-refractivity contribution in [1.29, 1.82) is 0 Å². The molecule has 0 saturated heterocycles. The molecule has 92 valence electrons. The second kappa shape index (κ2) is 5.31. The van der Waals surface area contributed by atoms with Gasteiger partial charge in [0, 0.05) is 29.7 Å². The Balaban J connectivity index is 2.14. The number of amides is 1. The van der Waals surface area contributed by atoms with Crippen LogP contribution in [0, 0.1) is 0 Å². The van der Waals surface area contributed by atoms with Crippen LogP contribution in [0.15, 0.2) is 48.8 Å².